The maximum absolute atomic E-state index is 5.83. The van der Waals surface area contributed by atoms with Gasteiger partial charge in [-0.15, -0.1) is 0 Å². The Morgan fingerprint density at radius 3 is 2.69 bits per heavy atom. The Hall–Kier alpha value is -0.160. The van der Waals surface area contributed by atoms with E-state index in [1.54, 1.807) is 0 Å². The topological polar surface area (TPSA) is 30.9 Å². The molecule has 0 spiro atoms. The highest BCUT2D eigenvalue weighted by Gasteiger charge is 2.60. The fourth-order valence-electron chi connectivity index (χ4n) is 2.66. The van der Waals surface area contributed by atoms with Gasteiger partial charge >= 0.3 is 0 Å². The van der Waals surface area contributed by atoms with Crippen LogP contribution < -0.4 is 0 Å². The van der Waals surface area contributed by atoms with Gasteiger partial charge in [-0.1, -0.05) is 0 Å². The van der Waals surface area contributed by atoms with Crippen molar-refractivity contribution in [2.75, 3.05) is 7.05 Å². The molecule has 0 amide bonds. The molecule has 0 N–H and O–H groups in total. The molecule has 0 radical (unpaired) electrons. The number of likely N-dealkylation sites (N-methyl/N-ethyl adjacent to an activating group) is 1. The minimum atomic E-state index is -0.430. The lowest BCUT2D eigenvalue weighted by molar-refractivity contribution is -0.209. The molecule has 2 heterocycles. The van der Waals surface area contributed by atoms with Crippen LogP contribution in [0.5, 0.6) is 0 Å². The van der Waals surface area contributed by atoms with E-state index in [1.807, 2.05) is 26.0 Å². The molecule has 0 aromatic rings. The normalized spacial score (nSPS) is 52.8. The molecule has 1 aliphatic carbocycles. The van der Waals surface area contributed by atoms with E-state index in [-0.39, 0.29) is 18.3 Å². The van der Waals surface area contributed by atoms with Gasteiger partial charge in [0.15, 0.2) is 5.79 Å². The zero-order valence-electron chi connectivity index (χ0n) is 8.19. The van der Waals surface area contributed by atoms with Crippen LogP contribution in [0.15, 0.2) is 0 Å². The second-order valence-electron chi connectivity index (χ2n) is 4.56. The van der Waals surface area contributed by atoms with E-state index in [1.165, 1.54) is 0 Å². The van der Waals surface area contributed by atoms with Gasteiger partial charge in [-0.05, 0) is 20.3 Å². The van der Waals surface area contributed by atoms with Crippen molar-refractivity contribution < 1.29 is 14.3 Å². The number of ether oxygens (including phenoxy) is 2. The van der Waals surface area contributed by atoms with Crippen molar-refractivity contribution in [2.45, 2.75) is 50.4 Å². The van der Waals surface area contributed by atoms with Crippen LogP contribution in [-0.2, 0) is 14.3 Å². The lowest BCUT2D eigenvalue weighted by atomic mass is 10.2. The minimum absolute atomic E-state index is 0.149. The quantitative estimate of drug-likeness (QED) is 0.550. The molecule has 3 rings (SSSR count). The van der Waals surface area contributed by atoms with Gasteiger partial charge in [-0.25, -0.2) is 0 Å². The van der Waals surface area contributed by atoms with Crippen molar-refractivity contribution in [2.24, 2.45) is 0 Å². The molecular formula is C9H15NO3. The number of hydrogen-bond acceptors (Lipinski definition) is 4. The van der Waals surface area contributed by atoms with Gasteiger partial charge in [0.1, 0.15) is 18.3 Å². The summed E-state index contributed by atoms with van der Waals surface area (Å²) in [5.74, 6) is -0.430. The molecule has 0 unspecified atom stereocenters. The van der Waals surface area contributed by atoms with Crippen LogP contribution in [-0.4, -0.2) is 42.3 Å². The van der Waals surface area contributed by atoms with E-state index >= 15 is 0 Å². The molecule has 4 nitrogen and oxygen atoms in total. The standard InChI is InChI=1S/C9H15NO3/c1-9(2)11-7-5-4-6(8(7)12-9)13-10(5)3/h5-8H,4H2,1-3H3/t5-,6-,7-,8+/m0/s1. The highest BCUT2D eigenvalue weighted by Crippen LogP contribution is 2.45. The van der Waals surface area contributed by atoms with Gasteiger partial charge in [0.2, 0.25) is 0 Å². The largest absolute Gasteiger partial charge is 0.343 e. The Morgan fingerprint density at radius 2 is 1.92 bits per heavy atom. The van der Waals surface area contributed by atoms with Crippen molar-refractivity contribution in [3.63, 3.8) is 0 Å². The number of nitrogens with zero attached hydrogens (tertiary/aromatic N) is 1. The van der Waals surface area contributed by atoms with Crippen LogP contribution in [0.1, 0.15) is 20.3 Å². The highest BCUT2D eigenvalue weighted by molar-refractivity contribution is 5.05. The lowest BCUT2D eigenvalue weighted by Gasteiger charge is -2.28. The molecule has 0 aromatic heterocycles. The van der Waals surface area contributed by atoms with Crippen LogP contribution in [0.4, 0.5) is 0 Å². The van der Waals surface area contributed by atoms with Gasteiger partial charge < -0.3 is 9.47 Å². The molecule has 2 saturated heterocycles. The summed E-state index contributed by atoms with van der Waals surface area (Å²) in [6.45, 7) is 3.93. The van der Waals surface area contributed by atoms with E-state index in [4.69, 9.17) is 14.3 Å². The van der Waals surface area contributed by atoms with Crippen molar-refractivity contribution in [1.29, 1.82) is 0 Å². The molecule has 2 bridgehead atoms. The molecule has 4 atom stereocenters. The number of fused-ring (bicyclic) bond motifs is 5. The fraction of sp³-hybridized carbons (Fsp3) is 1.00. The summed E-state index contributed by atoms with van der Waals surface area (Å²) in [5.41, 5.74) is 0. The predicted octanol–water partition coefficient (Wildman–Crippen LogP) is 0.524. The lowest BCUT2D eigenvalue weighted by Crippen LogP contribution is -2.45. The first kappa shape index (κ1) is 8.17. The number of rotatable bonds is 0. The van der Waals surface area contributed by atoms with Crippen molar-refractivity contribution >= 4 is 0 Å². The summed E-state index contributed by atoms with van der Waals surface area (Å²) in [7, 11) is 1.97. The fourth-order valence-corrected chi connectivity index (χ4v) is 2.66. The second kappa shape index (κ2) is 2.25. The van der Waals surface area contributed by atoms with E-state index < -0.39 is 5.79 Å². The molecular weight excluding hydrogens is 170 g/mol. The SMILES string of the molecule is CN1O[C@H]2C[C@H]1[C@@H]1OC(C)(C)O[C@@H]12. The van der Waals surface area contributed by atoms with Crippen molar-refractivity contribution in [3.8, 4) is 0 Å². The first-order chi connectivity index (χ1) is 6.07. The third-order valence-corrected chi connectivity index (χ3v) is 3.15. The number of hydrogen-bond donors (Lipinski definition) is 0. The van der Waals surface area contributed by atoms with E-state index in [9.17, 15) is 0 Å². The van der Waals surface area contributed by atoms with Gasteiger partial charge in [0.25, 0.3) is 0 Å². The van der Waals surface area contributed by atoms with Gasteiger partial charge in [-0.2, -0.15) is 5.06 Å². The van der Waals surface area contributed by atoms with E-state index in [2.05, 4.69) is 0 Å². The molecule has 3 aliphatic rings. The Balaban J connectivity index is 1.87. The first-order valence-electron chi connectivity index (χ1n) is 4.82. The first-order valence-corrected chi connectivity index (χ1v) is 4.82. The minimum Gasteiger partial charge on any atom is -0.343 e. The Morgan fingerprint density at radius 1 is 1.23 bits per heavy atom. The van der Waals surface area contributed by atoms with Crippen LogP contribution in [0.2, 0.25) is 0 Å². The third-order valence-electron chi connectivity index (χ3n) is 3.15. The maximum atomic E-state index is 5.83. The zero-order valence-corrected chi connectivity index (χ0v) is 8.19. The molecule has 74 valence electrons. The maximum Gasteiger partial charge on any atom is 0.163 e. The molecule has 13 heavy (non-hydrogen) atoms. The third kappa shape index (κ3) is 1.00. The van der Waals surface area contributed by atoms with Crippen LogP contribution in [0.3, 0.4) is 0 Å². The summed E-state index contributed by atoms with van der Waals surface area (Å²) in [6.07, 6.45) is 1.61. The van der Waals surface area contributed by atoms with Gasteiger partial charge in [0.05, 0.1) is 6.04 Å². The highest BCUT2D eigenvalue weighted by atomic mass is 16.8. The summed E-state index contributed by atoms with van der Waals surface area (Å²) >= 11 is 0. The monoisotopic (exact) mass is 185 g/mol. The second-order valence-corrected chi connectivity index (χ2v) is 4.56. The zero-order chi connectivity index (χ0) is 9.22. The molecule has 4 heteroatoms. The van der Waals surface area contributed by atoms with Gasteiger partial charge in [0, 0.05) is 7.05 Å². The summed E-state index contributed by atoms with van der Waals surface area (Å²) < 4.78 is 11.6. The van der Waals surface area contributed by atoms with Gasteiger partial charge in [-0.3, -0.25) is 4.84 Å². The van der Waals surface area contributed by atoms with E-state index in [0.717, 1.165) is 6.42 Å². The molecule has 0 aromatic carbocycles. The number of hydroxylamine groups is 2. The Kier molecular flexibility index (Phi) is 1.42. The average Bonchev–Trinajstić information content (AvgIpc) is 2.56. The van der Waals surface area contributed by atoms with Crippen LogP contribution in [0, 0.1) is 0 Å². The molecule has 1 saturated carbocycles. The summed E-state index contributed by atoms with van der Waals surface area (Å²) in [4.78, 5) is 5.60. The molecule has 3 fully saturated rings. The van der Waals surface area contributed by atoms with Crippen molar-refractivity contribution in [1.82, 2.24) is 5.06 Å². The average molecular weight is 185 g/mol. The Labute approximate surface area is 77.7 Å². The predicted molar refractivity (Wildman–Crippen MR) is 44.9 cm³/mol. The van der Waals surface area contributed by atoms with Crippen LogP contribution in [0.25, 0.3) is 0 Å². The van der Waals surface area contributed by atoms with Crippen LogP contribution >= 0.6 is 0 Å². The smallest absolute Gasteiger partial charge is 0.163 e. The molecule has 2 aliphatic heterocycles. The van der Waals surface area contributed by atoms with Crippen molar-refractivity contribution in [3.05, 3.63) is 0 Å². The Bertz CT molecular complexity index is 243. The summed E-state index contributed by atoms with van der Waals surface area (Å²) in [5, 5.41) is 1.91. The van der Waals surface area contributed by atoms with E-state index in [0.29, 0.717) is 6.04 Å². The summed E-state index contributed by atoms with van der Waals surface area (Å²) in [6, 6.07) is 0.386.